The summed E-state index contributed by atoms with van der Waals surface area (Å²) >= 11 is 0. The number of hydrogen-bond acceptors (Lipinski definition) is 5. The van der Waals surface area contributed by atoms with E-state index >= 15 is 0 Å². The zero-order valence-corrected chi connectivity index (χ0v) is 14.3. The van der Waals surface area contributed by atoms with E-state index in [4.69, 9.17) is 0 Å². The molecule has 1 aliphatic rings. The molecule has 1 unspecified atom stereocenters. The summed E-state index contributed by atoms with van der Waals surface area (Å²) in [7, 11) is -6.73. The lowest BCUT2D eigenvalue weighted by molar-refractivity contribution is 0.544. The maximum absolute atomic E-state index is 12.6. The minimum absolute atomic E-state index is 0.0473. The predicted molar refractivity (Wildman–Crippen MR) is 88.4 cm³/mol. The fraction of sp³-hybridized carbons (Fsp3) is 0.400. The summed E-state index contributed by atoms with van der Waals surface area (Å²) in [6.45, 7) is 2.01. The molecule has 0 amide bonds. The average molecular weight is 354 g/mol. The predicted octanol–water partition coefficient (Wildman–Crippen LogP) is 1.26. The third kappa shape index (κ3) is 3.39. The standard InChI is InChI=1S/C15H18N2O4S2/c1-11-4-5-14(13-3-2-7-16-15(11)13)23(20,21)17-9-12-6-8-22(18,19)10-12/h2-5,7,12,17H,6,8-10H2,1H3. The van der Waals surface area contributed by atoms with Crippen LogP contribution in [0.4, 0.5) is 0 Å². The van der Waals surface area contributed by atoms with Crippen molar-refractivity contribution in [1.82, 2.24) is 9.71 Å². The van der Waals surface area contributed by atoms with Crippen LogP contribution >= 0.6 is 0 Å². The molecule has 0 saturated carbocycles. The van der Waals surface area contributed by atoms with Gasteiger partial charge in [0.15, 0.2) is 9.84 Å². The van der Waals surface area contributed by atoms with Crippen molar-refractivity contribution in [3.05, 3.63) is 36.0 Å². The van der Waals surface area contributed by atoms with Gasteiger partial charge in [-0.3, -0.25) is 4.98 Å². The van der Waals surface area contributed by atoms with Crippen LogP contribution in [-0.4, -0.2) is 39.9 Å². The van der Waals surface area contributed by atoms with E-state index in [0.29, 0.717) is 17.3 Å². The van der Waals surface area contributed by atoms with E-state index in [1.54, 1.807) is 30.5 Å². The maximum atomic E-state index is 12.6. The summed E-state index contributed by atoms with van der Waals surface area (Å²) in [6.07, 6.45) is 2.13. The third-order valence-electron chi connectivity index (χ3n) is 4.11. The van der Waals surface area contributed by atoms with E-state index in [1.807, 2.05) is 6.92 Å². The number of rotatable bonds is 4. The van der Waals surface area contributed by atoms with Crippen molar-refractivity contribution in [1.29, 1.82) is 0 Å². The SMILES string of the molecule is Cc1ccc(S(=O)(=O)NCC2CCS(=O)(=O)C2)c2cccnc12. The molecule has 23 heavy (non-hydrogen) atoms. The average Bonchev–Trinajstić information content (AvgIpc) is 2.85. The number of nitrogens with zero attached hydrogens (tertiary/aromatic N) is 1. The zero-order chi connectivity index (χ0) is 16.7. The number of aromatic nitrogens is 1. The third-order valence-corrected chi connectivity index (χ3v) is 7.43. The molecule has 2 heterocycles. The lowest BCUT2D eigenvalue weighted by Crippen LogP contribution is -2.30. The van der Waals surface area contributed by atoms with Crippen LogP contribution in [0.1, 0.15) is 12.0 Å². The highest BCUT2D eigenvalue weighted by molar-refractivity contribution is 7.91. The first kappa shape index (κ1) is 16.4. The lowest BCUT2D eigenvalue weighted by atomic mass is 10.1. The molecule has 1 aromatic carbocycles. The Kier molecular flexibility index (Phi) is 4.16. The number of pyridine rings is 1. The lowest BCUT2D eigenvalue weighted by Gasteiger charge is -2.12. The van der Waals surface area contributed by atoms with E-state index < -0.39 is 19.9 Å². The van der Waals surface area contributed by atoms with Crippen LogP contribution in [0.2, 0.25) is 0 Å². The number of sulfonamides is 1. The number of hydrogen-bond donors (Lipinski definition) is 1. The van der Waals surface area contributed by atoms with Gasteiger partial charge in [-0.2, -0.15) is 0 Å². The Morgan fingerprint density at radius 2 is 2.09 bits per heavy atom. The molecular formula is C15H18N2O4S2. The van der Waals surface area contributed by atoms with Gasteiger partial charge in [0.05, 0.1) is 21.9 Å². The van der Waals surface area contributed by atoms with Gasteiger partial charge in [-0.15, -0.1) is 0 Å². The molecule has 1 fully saturated rings. The maximum Gasteiger partial charge on any atom is 0.241 e. The van der Waals surface area contributed by atoms with Gasteiger partial charge in [0.25, 0.3) is 0 Å². The van der Waals surface area contributed by atoms with Crippen molar-refractivity contribution >= 4 is 30.8 Å². The van der Waals surface area contributed by atoms with Gasteiger partial charge < -0.3 is 0 Å². The number of nitrogens with one attached hydrogen (secondary N) is 1. The monoisotopic (exact) mass is 354 g/mol. The van der Waals surface area contributed by atoms with Crippen LogP contribution in [0.3, 0.4) is 0 Å². The van der Waals surface area contributed by atoms with Gasteiger partial charge in [-0.05, 0) is 43.0 Å². The number of aryl methyl sites for hydroxylation is 1. The summed E-state index contributed by atoms with van der Waals surface area (Å²) in [5.41, 5.74) is 1.56. The van der Waals surface area contributed by atoms with Crippen molar-refractivity contribution in [2.45, 2.75) is 18.2 Å². The largest absolute Gasteiger partial charge is 0.256 e. The molecule has 8 heteroatoms. The Hall–Kier alpha value is -1.51. The summed E-state index contributed by atoms with van der Waals surface area (Å²) in [4.78, 5) is 4.41. The molecule has 0 aliphatic carbocycles. The molecule has 2 aromatic rings. The zero-order valence-electron chi connectivity index (χ0n) is 12.7. The van der Waals surface area contributed by atoms with Gasteiger partial charge in [-0.25, -0.2) is 21.6 Å². The Bertz CT molecular complexity index is 953. The normalized spacial score (nSPS) is 20.8. The van der Waals surface area contributed by atoms with Gasteiger partial charge in [0, 0.05) is 18.1 Å². The first-order valence-corrected chi connectivity index (χ1v) is 10.6. The summed E-state index contributed by atoms with van der Waals surface area (Å²) < 4.78 is 50.6. The number of sulfone groups is 1. The minimum atomic E-state index is -3.71. The highest BCUT2D eigenvalue weighted by Gasteiger charge is 2.29. The fourth-order valence-electron chi connectivity index (χ4n) is 2.86. The minimum Gasteiger partial charge on any atom is -0.256 e. The molecule has 1 atom stereocenters. The van der Waals surface area contributed by atoms with Crippen LogP contribution in [-0.2, 0) is 19.9 Å². The van der Waals surface area contributed by atoms with Crippen LogP contribution in [0.5, 0.6) is 0 Å². The Labute approximate surface area is 135 Å². The van der Waals surface area contributed by atoms with Gasteiger partial charge in [0.2, 0.25) is 10.0 Å². The Morgan fingerprint density at radius 1 is 1.30 bits per heavy atom. The molecule has 0 spiro atoms. The van der Waals surface area contributed by atoms with Crippen LogP contribution in [0, 0.1) is 12.8 Å². The molecule has 1 aromatic heterocycles. The van der Waals surface area contributed by atoms with Gasteiger partial charge >= 0.3 is 0 Å². The first-order valence-electron chi connectivity index (χ1n) is 7.33. The fourth-order valence-corrected chi connectivity index (χ4v) is 6.03. The van der Waals surface area contributed by atoms with Gasteiger partial charge in [0.1, 0.15) is 0 Å². The van der Waals surface area contributed by atoms with E-state index in [2.05, 4.69) is 9.71 Å². The van der Waals surface area contributed by atoms with E-state index in [-0.39, 0.29) is 28.9 Å². The summed E-state index contributed by atoms with van der Waals surface area (Å²) in [5.74, 6) is 0.0206. The molecule has 0 radical (unpaired) electrons. The smallest absolute Gasteiger partial charge is 0.241 e. The second kappa shape index (κ2) is 5.85. The first-order chi connectivity index (χ1) is 10.8. The van der Waals surface area contributed by atoms with Gasteiger partial charge in [-0.1, -0.05) is 6.07 Å². The van der Waals surface area contributed by atoms with Crippen LogP contribution in [0.15, 0.2) is 35.4 Å². The quantitative estimate of drug-likeness (QED) is 0.892. The molecule has 0 bridgehead atoms. The molecular weight excluding hydrogens is 336 g/mol. The number of fused-ring (bicyclic) bond motifs is 1. The van der Waals surface area contributed by atoms with E-state index in [9.17, 15) is 16.8 Å². The molecule has 124 valence electrons. The molecule has 6 nitrogen and oxygen atoms in total. The summed E-state index contributed by atoms with van der Waals surface area (Å²) in [6, 6.07) is 6.71. The Morgan fingerprint density at radius 3 is 2.78 bits per heavy atom. The topological polar surface area (TPSA) is 93.2 Å². The molecule has 1 aliphatic heterocycles. The second-order valence-electron chi connectivity index (χ2n) is 5.90. The number of benzene rings is 1. The highest BCUT2D eigenvalue weighted by Crippen LogP contribution is 2.25. The molecule has 1 N–H and O–H groups in total. The van der Waals surface area contributed by atoms with Crippen LogP contribution < -0.4 is 4.72 Å². The molecule has 3 rings (SSSR count). The van der Waals surface area contributed by atoms with Crippen molar-refractivity contribution < 1.29 is 16.8 Å². The molecule has 1 saturated heterocycles. The highest BCUT2D eigenvalue weighted by atomic mass is 32.2. The summed E-state index contributed by atoms with van der Waals surface area (Å²) in [5, 5.41) is 0.569. The van der Waals surface area contributed by atoms with E-state index in [0.717, 1.165) is 5.56 Å². The van der Waals surface area contributed by atoms with Crippen molar-refractivity contribution in [2.75, 3.05) is 18.1 Å². The van der Waals surface area contributed by atoms with E-state index in [1.165, 1.54) is 0 Å². The van der Waals surface area contributed by atoms with Crippen molar-refractivity contribution in [3.63, 3.8) is 0 Å². The van der Waals surface area contributed by atoms with Crippen LogP contribution in [0.25, 0.3) is 10.9 Å². The second-order valence-corrected chi connectivity index (χ2v) is 9.87. The van der Waals surface area contributed by atoms with Crippen molar-refractivity contribution in [2.24, 2.45) is 5.92 Å². The van der Waals surface area contributed by atoms with Crippen molar-refractivity contribution in [3.8, 4) is 0 Å². The Balaban J connectivity index is 1.87.